The Hall–Kier alpha value is -0.530. The van der Waals surface area contributed by atoms with E-state index in [0.717, 1.165) is 25.7 Å². The van der Waals surface area contributed by atoms with Crippen LogP contribution in [0.5, 0.6) is 0 Å². The summed E-state index contributed by atoms with van der Waals surface area (Å²) in [6.45, 7) is 5.08. The first-order valence-electron chi connectivity index (χ1n) is 13.5. The minimum atomic E-state index is 0.000795. The highest BCUT2D eigenvalue weighted by molar-refractivity contribution is 5.69. The van der Waals surface area contributed by atoms with E-state index in [1.807, 2.05) is 0 Å². The molecule has 0 aromatic carbocycles. The number of ether oxygens (including phenoxy) is 1. The maximum Gasteiger partial charge on any atom is 0.305 e. The van der Waals surface area contributed by atoms with Gasteiger partial charge in [0.25, 0.3) is 0 Å². The molecule has 0 atom stereocenters. The summed E-state index contributed by atoms with van der Waals surface area (Å²) >= 11 is 0. The molecular formula is C27H54O2. The number of unbranched alkanes of at least 4 members (excludes halogenated alkanes) is 20. The molecule has 2 heteroatoms. The van der Waals surface area contributed by atoms with Gasteiger partial charge in [-0.1, -0.05) is 142 Å². The van der Waals surface area contributed by atoms with Crippen molar-refractivity contribution < 1.29 is 9.53 Å². The average molecular weight is 411 g/mol. The summed E-state index contributed by atoms with van der Waals surface area (Å²) in [6.07, 6.45) is 30.3. The van der Waals surface area contributed by atoms with Crippen molar-refractivity contribution >= 4 is 5.97 Å². The number of carbonyl (C=O) groups excluding carboxylic acids is 1. The van der Waals surface area contributed by atoms with Crippen molar-refractivity contribution in [2.75, 3.05) is 6.61 Å². The summed E-state index contributed by atoms with van der Waals surface area (Å²) in [5.74, 6) is 0.000795. The largest absolute Gasteiger partial charge is 0.466 e. The lowest BCUT2D eigenvalue weighted by Crippen LogP contribution is -2.05. The van der Waals surface area contributed by atoms with E-state index in [1.165, 1.54) is 116 Å². The molecule has 0 rings (SSSR count). The monoisotopic (exact) mass is 410 g/mol. The fourth-order valence-corrected chi connectivity index (χ4v) is 3.96. The first-order chi connectivity index (χ1) is 14.3. The maximum atomic E-state index is 11.5. The molecule has 0 aromatic heterocycles. The lowest BCUT2D eigenvalue weighted by molar-refractivity contribution is -0.143. The Morgan fingerprint density at radius 3 is 1.14 bits per heavy atom. The van der Waals surface area contributed by atoms with Crippen LogP contribution in [0.1, 0.15) is 162 Å². The Balaban J connectivity index is 3.06. The fraction of sp³-hybridized carbons (Fsp3) is 0.963. The molecule has 0 amide bonds. The highest BCUT2D eigenvalue weighted by Gasteiger charge is 2.01. The predicted octanol–water partition coefficient (Wildman–Crippen LogP) is 9.54. The highest BCUT2D eigenvalue weighted by atomic mass is 16.5. The Morgan fingerprint density at radius 2 is 0.759 bits per heavy atom. The molecule has 0 saturated heterocycles. The second-order valence-corrected chi connectivity index (χ2v) is 9.04. The average Bonchev–Trinajstić information content (AvgIpc) is 2.72. The zero-order valence-corrected chi connectivity index (χ0v) is 20.3. The number of esters is 1. The van der Waals surface area contributed by atoms with Crippen molar-refractivity contribution in [3.63, 3.8) is 0 Å². The lowest BCUT2D eigenvalue weighted by atomic mass is 10.0. The van der Waals surface area contributed by atoms with Crippen LogP contribution in [0, 0.1) is 0 Å². The van der Waals surface area contributed by atoms with Crippen LogP contribution in [0.2, 0.25) is 0 Å². The van der Waals surface area contributed by atoms with Crippen LogP contribution in [0.15, 0.2) is 0 Å². The molecule has 0 N–H and O–H groups in total. The van der Waals surface area contributed by atoms with Gasteiger partial charge in [-0.2, -0.15) is 0 Å². The summed E-state index contributed by atoms with van der Waals surface area (Å²) in [7, 11) is 0. The van der Waals surface area contributed by atoms with E-state index in [-0.39, 0.29) is 5.97 Å². The third-order valence-corrected chi connectivity index (χ3v) is 6.00. The predicted molar refractivity (Wildman–Crippen MR) is 128 cm³/mol. The molecule has 0 aliphatic heterocycles. The van der Waals surface area contributed by atoms with Gasteiger partial charge in [-0.3, -0.25) is 4.79 Å². The van der Waals surface area contributed by atoms with E-state index in [4.69, 9.17) is 4.74 Å². The van der Waals surface area contributed by atoms with Crippen LogP contribution in [0.25, 0.3) is 0 Å². The Morgan fingerprint density at radius 1 is 0.448 bits per heavy atom. The van der Waals surface area contributed by atoms with Crippen LogP contribution in [0.3, 0.4) is 0 Å². The third-order valence-electron chi connectivity index (χ3n) is 6.00. The van der Waals surface area contributed by atoms with Gasteiger partial charge in [0.2, 0.25) is 0 Å². The summed E-state index contributed by atoms with van der Waals surface area (Å²) in [6, 6.07) is 0. The van der Waals surface area contributed by atoms with Gasteiger partial charge in [0.1, 0.15) is 0 Å². The molecule has 0 aliphatic rings. The number of hydrogen-bond acceptors (Lipinski definition) is 2. The van der Waals surface area contributed by atoms with Gasteiger partial charge in [-0.25, -0.2) is 0 Å². The van der Waals surface area contributed by atoms with Gasteiger partial charge in [-0.05, 0) is 12.8 Å². The Labute approximate surface area is 184 Å². The minimum absolute atomic E-state index is 0.000795. The SMILES string of the molecule is CCCCCCCCCCCCCCCCCCCCCOC(=O)CCCCC. The van der Waals surface area contributed by atoms with Crippen LogP contribution in [-0.4, -0.2) is 12.6 Å². The van der Waals surface area contributed by atoms with E-state index < -0.39 is 0 Å². The van der Waals surface area contributed by atoms with Gasteiger partial charge in [0.05, 0.1) is 6.61 Å². The molecule has 0 radical (unpaired) electrons. The Kier molecular flexibility index (Phi) is 25.0. The second-order valence-electron chi connectivity index (χ2n) is 9.04. The maximum absolute atomic E-state index is 11.5. The van der Waals surface area contributed by atoms with Gasteiger partial charge >= 0.3 is 5.97 Å². The van der Waals surface area contributed by atoms with Crippen LogP contribution >= 0.6 is 0 Å². The zero-order chi connectivity index (χ0) is 21.3. The van der Waals surface area contributed by atoms with E-state index in [2.05, 4.69) is 13.8 Å². The number of rotatable bonds is 24. The molecule has 0 spiro atoms. The summed E-state index contributed by atoms with van der Waals surface area (Å²) < 4.78 is 5.28. The van der Waals surface area contributed by atoms with Crippen LogP contribution < -0.4 is 0 Å². The second kappa shape index (κ2) is 25.5. The summed E-state index contributed by atoms with van der Waals surface area (Å²) in [5, 5.41) is 0. The molecule has 0 unspecified atom stereocenters. The molecule has 0 saturated carbocycles. The fourth-order valence-electron chi connectivity index (χ4n) is 3.96. The summed E-state index contributed by atoms with van der Waals surface area (Å²) in [4.78, 5) is 11.5. The third kappa shape index (κ3) is 25.4. The van der Waals surface area contributed by atoms with Crippen molar-refractivity contribution in [3.8, 4) is 0 Å². The van der Waals surface area contributed by atoms with E-state index in [0.29, 0.717) is 13.0 Å². The van der Waals surface area contributed by atoms with Gasteiger partial charge in [0, 0.05) is 6.42 Å². The van der Waals surface area contributed by atoms with E-state index >= 15 is 0 Å². The molecule has 29 heavy (non-hydrogen) atoms. The molecular weight excluding hydrogens is 356 g/mol. The van der Waals surface area contributed by atoms with Crippen LogP contribution in [0.4, 0.5) is 0 Å². The van der Waals surface area contributed by atoms with Crippen LogP contribution in [-0.2, 0) is 9.53 Å². The minimum Gasteiger partial charge on any atom is -0.466 e. The normalized spacial score (nSPS) is 11.1. The van der Waals surface area contributed by atoms with Gasteiger partial charge < -0.3 is 4.74 Å². The topological polar surface area (TPSA) is 26.3 Å². The highest BCUT2D eigenvalue weighted by Crippen LogP contribution is 2.14. The van der Waals surface area contributed by atoms with Crippen molar-refractivity contribution in [1.82, 2.24) is 0 Å². The van der Waals surface area contributed by atoms with Gasteiger partial charge in [0.15, 0.2) is 0 Å². The first kappa shape index (κ1) is 28.5. The number of carbonyl (C=O) groups is 1. The van der Waals surface area contributed by atoms with Gasteiger partial charge in [-0.15, -0.1) is 0 Å². The van der Waals surface area contributed by atoms with E-state index in [1.54, 1.807) is 0 Å². The van der Waals surface area contributed by atoms with E-state index in [9.17, 15) is 4.79 Å². The molecule has 0 fully saturated rings. The molecule has 174 valence electrons. The first-order valence-corrected chi connectivity index (χ1v) is 13.5. The smallest absolute Gasteiger partial charge is 0.305 e. The lowest BCUT2D eigenvalue weighted by Gasteiger charge is -2.05. The van der Waals surface area contributed by atoms with Crippen molar-refractivity contribution in [2.24, 2.45) is 0 Å². The van der Waals surface area contributed by atoms with Crippen molar-refractivity contribution in [2.45, 2.75) is 162 Å². The zero-order valence-electron chi connectivity index (χ0n) is 20.3. The van der Waals surface area contributed by atoms with Crippen molar-refractivity contribution in [3.05, 3.63) is 0 Å². The molecule has 0 heterocycles. The Bertz CT molecular complexity index is 314. The standard InChI is InChI=1S/C27H54O2/c1-3-5-7-8-9-10-11-12-13-14-15-16-17-18-19-20-21-22-24-26-29-27(28)25-23-6-4-2/h3-26H2,1-2H3. The van der Waals surface area contributed by atoms with Crippen molar-refractivity contribution in [1.29, 1.82) is 0 Å². The quantitative estimate of drug-likeness (QED) is 0.117. The molecule has 2 nitrogen and oxygen atoms in total. The molecule has 0 aliphatic carbocycles. The molecule has 0 bridgehead atoms. The molecule has 0 aromatic rings. The summed E-state index contributed by atoms with van der Waals surface area (Å²) in [5.41, 5.74) is 0. The number of hydrogen-bond donors (Lipinski definition) is 0.